The number of ether oxygens (including phenoxy) is 2. The molecule has 7 heteroatoms. The second-order valence-corrected chi connectivity index (χ2v) is 6.10. The fourth-order valence-corrected chi connectivity index (χ4v) is 2.91. The van der Waals surface area contributed by atoms with E-state index >= 15 is 0 Å². The summed E-state index contributed by atoms with van der Waals surface area (Å²) in [6.45, 7) is 2.93. The summed E-state index contributed by atoms with van der Waals surface area (Å²) in [5.74, 6) is 1.10. The first-order valence-corrected chi connectivity index (χ1v) is 8.73. The van der Waals surface area contributed by atoms with Gasteiger partial charge in [-0.2, -0.15) is 0 Å². The maximum atomic E-state index is 11.8. The molecule has 26 heavy (non-hydrogen) atoms. The number of fused-ring (bicyclic) bond motifs is 1. The van der Waals surface area contributed by atoms with Crippen molar-refractivity contribution in [1.82, 2.24) is 10.2 Å². The van der Waals surface area contributed by atoms with Crippen LogP contribution >= 0.6 is 11.6 Å². The highest BCUT2D eigenvalue weighted by molar-refractivity contribution is 6.33. The highest BCUT2D eigenvalue weighted by Gasteiger charge is 2.15. The van der Waals surface area contributed by atoms with E-state index in [4.69, 9.17) is 21.1 Å². The molecule has 0 saturated carbocycles. The Morgan fingerprint density at radius 3 is 2.69 bits per heavy atom. The molecule has 0 spiro atoms. The molecule has 1 heterocycles. The Morgan fingerprint density at radius 1 is 1.19 bits per heavy atom. The van der Waals surface area contributed by atoms with Crippen molar-refractivity contribution in [3.05, 3.63) is 57.3 Å². The molecule has 0 saturated heterocycles. The van der Waals surface area contributed by atoms with E-state index in [1.807, 2.05) is 43.3 Å². The molecule has 0 atom stereocenters. The molecule has 0 radical (unpaired) electrons. The summed E-state index contributed by atoms with van der Waals surface area (Å²) in [6.07, 6.45) is 0.820. The monoisotopic (exact) mass is 373 g/mol. The molecule has 0 fully saturated rings. The minimum Gasteiger partial charge on any atom is -0.496 e. The van der Waals surface area contributed by atoms with Gasteiger partial charge in [-0.15, -0.1) is 5.10 Å². The van der Waals surface area contributed by atoms with Gasteiger partial charge < -0.3 is 14.8 Å². The van der Waals surface area contributed by atoms with E-state index in [-0.39, 0.29) is 10.9 Å². The van der Waals surface area contributed by atoms with Crippen molar-refractivity contribution < 1.29 is 9.47 Å². The van der Waals surface area contributed by atoms with Gasteiger partial charge in [0, 0.05) is 11.9 Å². The van der Waals surface area contributed by atoms with Crippen LogP contribution in [0.3, 0.4) is 0 Å². The second kappa shape index (κ2) is 8.10. The van der Waals surface area contributed by atoms with Crippen molar-refractivity contribution in [1.29, 1.82) is 0 Å². The molecular formula is C19H20ClN3O3. The van der Waals surface area contributed by atoms with Gasteiger partial charge >= 0.3 is 0 Å². The van der Waals surface area contributed by atoms with Crippen molar-refractivity contribution in [3.8, 4) is 11.6 Å². The molecular weight excluding hydrogens is 354 g/mol. The third kappa shape index (κ3) is 3.60. The number of nitrogens with one attached hydrogen (secondary N) is 2. The standard InChI is InChI=1S/C19H20ClN3O3/c1-3-10-26-19-17(16(20)18(24)22-23-19)21-11-12-8-9-15(25-2)14-7-5-4-6-13(12)14/h4-9H,3,10-11H2,1-2H3,(H2,21,22,24). The van der Waals surface area contributed by atoms with Crippen LogP contribution in [0.1, 0.15) is 18.9 Å². The van der Waals surface area contributed by atoms with E-state index in [1.54, 1.807) is 7.11 Å². The molecule has 6 nitrogen and oxygen atoms in total. The smallest absolute Gasteiger partial charge is 0.285 e. The molecule has 2 aromatic carbocycles. The molecule has 0 unspecified atom stereocenters. The van der Waals surface area contributed by atoms with E-state index in [0.29, 0.717) is 18.8 Å². The lowest BCUT2D eigenvalue weighted by molar-refractivity contribution is 0.303. The minimum atomic E-state index is -0.461. The van der Waals surface area contributed by atoms with Crippen molar-refractivity contribution in [2.45, 2.75) is 19.9 Å². The maximum Gasteiger partial charge on any atom is 0.285 e. The number of anilines is 1. The zero-order chi connectivity index (χ0) is 18.5. The molecule has 3 aromatic rings. The quantitative estimate of drug-likeness (QED) is 0.655. The summed E-state index contributed by atoms with van der Waals surface area (Å²) in [7, 11) is 1.65. The normalized spacial score (nSPS) is 10.7. The number of benzene rings is 2. The van der Waals surface area contributed by atoms with Gasteiger partial charge in [-0.05, 0) is 23.4 Å². The van der Waals surface area contributed by atoms with E-state index in [2.05, 4.69) is 15.5 Å². The molecule has 0 aliphatic heterocycles. The van der Waals surface area contributed by atoms with Gasteiger partial charge in [0.15, 0.2) is 0 Å². The summed E-state index contributed by atoms with van der Waals surface area (Å²) >= 11 is 6.16. The minimum absolute atomic E-state index is 0.0314. The Kier molecular flexibility index (Phi) is 5.63. The van der Waals surface area contributed by atoms with Crippen LogP contribution in [0.4, 0.5) is 5.69 Å². The van der Waals surface area contributed by atoms with E-state index in [9.17, 15) is 4.79 Å². The summed E-state index contributed by atoms with van der Waals surface area (Å²) in [6, 6.07) is 11.9. The summed E-state index contributed by atoms with van der Waals surface area (Å²) < 4.78 is 11.0. The fourth-order valence-electron chi connectivity index (χ4n) is 2.72. The van der Waals surface area contributed by atoms with Gasteiger partial charge in [-0.3, -0.25) is 4.79 Å². The van der Waals surface area contributed by atoms with Gasteiger partial charge in [0.05, 0.1) is 13.7 Å². The van der Waals surface area contributed by atoms with Gasteiger partial charge in [-0.1, -0.05) is 48.9 Å². The number of nitrogens with zero attached hydrogens (tertiary/aromatic N) is 1. The highest BCUT2D eigenvalue weighted by atomic mass is 35.5. The Bertz CT molecular complexity index is 972. The van der Waals surface area contributed by atoms with Crippen molar-refractivity contribution in [2.24, 2.45) is 0 Å². The van der Waals surface area contributed by atoms with Gasteiger partial charge in [0.2, 0.25) is 0 Å². The zero-order valence-electron chi connectivity index (χ0n) is 14.6. The van der Waals surface area contributed by atoms with Crippen molar-refractivity contribution in [3.63, 3.8) is 0 Å². The fraction of sp³-hybridized carbons (Fsp3) is 0.263. The van der Waals surface area contributed by atoms with Gasteiger partial charge in [0.1, 0.15) is 16.5 Å². The third-order valence-electron chi connectivity index (χ3n) is 3.98. The van der Waals surface area contributed by atoms with E-state index in [1.165, 1.54) is 0 Å². The number of hydrogen-bond acceptors (Lipinski definition) is 5. The van der Waals surface area contributed by atoms with Crippen LogP contribution in [0.25, 0.3) is 10.8 Å². The van der Waals surface area contributed by atoms with Crippen LogP contribution in [0.5, 0.6) is 11.6 Å². The molecule has 0 bridgehead atoms. The van der Waals surface area contributed by atoms with Crippen LogP contribution in [0.15, 0.2) is 41.2 Å². The maximum absolute atomic E-state index is 11.8. The van der Waals surface area contributed by atoms with E-state index < -0.39 is 5.56 Å². The number of halogens is 1. The number of aromatic amines is 1. The highest BCUT2D eigenvalue weighted by Crippen LogP contribution is 2.31. The topological polar surface area (TPSA) is 76.2 Å². The first-order chi connectivity index (χ1) is 12.7. The summed E-state index contributed by atoms with van der Waals surface area (Å²) in [4.78, 5) is 11.8. The lowest BCUT2D eigenvalue weighted by atomic mass is 10.0. The predicted octanol–water partition coefficient (Wildman–Crippen LogP) is 3.99. The van der Waals surface area contributed by atoms with Gasteiger partial charge in [0.25, 0.3) is 11.4 Å². The molecule has 2 N–H and O–H groups in total. The molecule has 0 aliphatic carbocycles. The zero-order valence-corrected chi connectivity index (χ0v) is 15.4. The number of hydrogen-bond donors (Lipinski definition) is 2. The molecule has 136 valence electrons. The van der Waals surface area contributed by atoms with Crippen LogP contribution in [-0.2, 0) is 6.54 Å². The SMILES string of the molecule is CCCOc1n[nH]c(=O)c(Cl)c1NCc1ccc(OC)c2ccccc12. The Labute approximate surface area is 156 Å². The third-order valence-corrected chi connectivity index (χ3v) is 4.35. The van der Waals surface area contributed by atoms with Crippen molar-refractivity contribution >= 4 is 28.1 Å². The molecule has 3 rings (SSSR count). The van der Waals surface area contributed by atoms with Crippen LogP contribution < -0.4 is 20.3 Å². The summed E-state index contributed by atoms with van der Waals surface area (Å²) in [5, 5.41) is 11.6. The number of rotatable bonds is 7. The van der Waals surface area contributed by atoms with Crippen molar-refractivity contribution in [2.75, 3.05) is 19.0 Å². The average Bonchev–Trinajstić information content (AvgIpc) is 2.68. The van der Waals surface area contributed by atoms with Gasteiger partial charge in [-0.25, -0.2) is 5.10 Å². The van der Waals surface area contributed by atoms with Crippen LogP contribution in [0, 0.1) is 0 Å². The largest absolute Gasteiger partial charge is 0.496 e. The lowest BCUT2D eigenvalue weighted by Gasteiger charge is -2.14. The number of aromatic nitrogens is 2. The average molecular weight is 374 g/mol. The number of methoxy groups -OCH3 is 1. The number of H-pyrrole nitrogens is 1. The Hall–Kier alpha value is -2.73. The first kappa shape index (κ1) is 18.1. The van der Waals surface area contributed by atoms with Crippen LogP contribution in [-0.4, -0.2) is 23.9 Å². The Morgan fingerprint density at radius 2 is 1.96 bits per heavy atom. The lowest BCUT2D eigenvalue weighted by Crippen LogP contribution is -2.15. The first-order valence-electron chi connectivity index (χ1n) is 8.35. The molecule has 1 aromatic heterocycles. The molecule has 0 amide bonds. The predicted molar refractivity (Wildman–Crippen MR) is 103 cm³/mol. The van der Waals surface area contributed by atoms with Crippen LogP contribution in [0.2, 0.25) is 5.02 Å². The Balaban J connectivity index is 1.94. The summed E-state index contributed by atoms with van der Waals surface area (Å²) in [5.41, 5.74) is 0.973. The molecule has 0 aliphatic rings. The second-order valence-electron chi connectivity index (χ2n) is 5.72. The van der Waals surface area contributed by atoms with E-state index in [0.717, 1.165) is 28.5 Å².